The minimum atomic E-state index is -4.33. The maximum atomic E-state index is 12.2. The fourth-order valence-corrected chi connectivity index (χ4v) is 1.04. The molecule has 0 aliphatic rings. The molecule has 5 heteroatoms. The number of hydrogen-bond acceptors (Lipinski definition) is 2. The highest BCUT2D eigenvalue weighted by atomic mass is 19.4. The Bertz CT molecular complexity index is 432. The molecular weight excluding hydrogens is 183 g/mol. The second-order valence-corrected chi connectivity index (χ2v) is 2.59. The number of hydrogen-bond donors (Lipinski definition) is 0. The van der Waals surface area contributed by atoms with Gasteiger partial charge in [-0.05, 0) is 18.2 Å². The molecule has 0 saturated carbocycles. The third-order valence-corrected chi connectivity index (χ3v) is 1.69. The van der Waals surface area contributed by atoms with E-state index < -0.39 is 11.7 Å². The summed E-state index contributed by atoms with van der Waals surface area (Å²) in [6.07, 6.45) is -3.03. The molecule has 0 N–H and O–H groups in total. The zero-order chi connectivity index (χ0) is 9.47. The summed E-state index contributed by atoms with van der Waals surface area (Å²) in [6, 6.07) is 3.28. The van der Waals surface area contributed by atoms with Crippen LogP contribution in [0.2, 0.25) is 0 Å². The van der Waals surface area contributed by atoms with Gasteiger partial charge < -0.3 is 4.52 Å². The predicted molar refractivity (Wildman–Crippen MR) is 39.0 cm³/mol. The van der Waals surface area contributed by atoms with Crippen molar-refractivity contribution < 1.29 is 17.7 Å². The number of aromatic nitrogens is 1. The van der Waals surface area contributed by atoms with Gasteiger partial charge in [0.1, 0.15) is 11.8 Å². The van der Waals surface area contributed by atoms with Gasteiger partial charge in [0.25, 0.3) is 0 Å². The fraction of sp³-hybridized carbons (Fsp3) is 0.125. The SMILES string of the molecule is FC(F)(F)c1ccc2conc2c1. The van der Waals surface area contributed by atoms with Crippen LogP contribution >= 0.6 is 0 Å². The molecule has 0 aliphatic carbocycles. The second kappa shape index (κ2) is 2.48. The predicted octanol–water partition coefficient (Wildman–Crippen LogP) is 2.85. The molecule has 2 aromatic rings. The Labute approximate surface area is 70.9 Å². The molecule has 2 rings (SSSR count). The number of rotatable bonds is 0. The van der Waals surface area contributed by atoms with Crippen LogP contribution in [-0.2, 0) is 6.18 Å². The highest BCUT2D eigenvalue weighted by Crippen LogP contribution is 2.30. The van der Waals surface area contributed by atoms with Gasteiger partial charge in [-0.3, -0.25) is 0 Å². The average molecular weight is 187 g/mol. The van der Waals surface area contributed by atoms with Gasteiger partial charge in [-0.1, -0.05) is 5.16 Å². The largest absolute Gasteiger partial charge is 0.416 e. The van der Waals surface area contributed by atoms with E-state index in [1.807, 2.05) is 0 Å². The summed E-state index contributed by atoms with van der Waals surface area (Å²) in [5.41, 5.74) is -0.497. The molecule has 0 bridgehead atoms. The van der Waals surface area contributed by atoms with E-state index in [1.165, 1.54) is 12.3 Å². The number of benzene rings is 1. The lowest BCUT2D eigenvalue weighted by molar-refractivity contribution is -0.137. The quantitative estimate of drug-likeness (QED) is 0.633. The molecular formula is C8H4F3NO. The van der Waals surface area contributed by atoms with Gasteiger partial charge in [0.2, 0.25) is 0 Å². The van der Waals surface area contributed by atoms with Gasteiger partial charge in [-0.2, -0.15) is 13.2 Å². The highest BCUT2D eigenvalue weighted by Gasteiger charge is 2.30. The molecule has 0 amide bonds. The molecule has 0 unspecified atom stereocenters. The molecule has 0 saturated heterocycles. The first kappa shape index (κ1) is 8.10. The molecule has 0 aliphatic heterocycles. The molecule has 1 aromatic carbocycles. The van der Waals surface area contributed by atoms with E-state index in [2.05, 4.69) is 9.68 Å². The van der Waals surface area contributed by atoms with Crippen molar-refractivity contribution in [3.8, 4) is 0 Å². The Morgan fingerprint density at radius 3 is 2.69 bits per heavy atom. The van der Waals surface area contributed by atoms with Crippen LogP contribution in [0.15, 0.2) is 29.0 Å². The smallest absolute Gasteiger partial charge is 0.364 e. The lowest BCUT2D eigenvalue weighted by atomic mass is 10.1. The Morgan fingerprint density at radius 2 is 2.00 bits per heavy atom. The molecule has 0 atom stereocenters. The van der Waals surface area contributed by atoms with Crippen LogP contribution in [-0.4, -0.2) is 5.16 Å². The molecule has 68 valence electrons. The molecule has 1 heterocycles. The van der Waals surface area contributed by atoms with E-state index in [4.69, 9.17) is 0 Å². The third-order valence-electron chi connectivity index (χ3n) is 1.69. The molecule has 0 radical (unpaired) electrons. The van der Waals surface area contributed by atoms with Crippen molar-refractivity contribution >= 4 is 10.9 Å². The van der Waals surface area contributed by atoms with Crippen LogP contribution in [0.1, 0.15) is 5.56 Å². The minimum absolute atomic E-state index is 0.217. The summed E-state index contributed by atoms with van der Waals surface area (Å²) in [5.74, 6) is 0. The van der Waals surface area contributed by atoms with Crippen LogP contribution in [0, 0.1) is 0 Å². The standard InChI is InChI=1S/C8H4F3NO/c9-8(10,11)6-2-1-5-4-13-12-7(5)3-6/h1-4H. The second-order valence-electron chi connectivity index (χ2n) is 2.59. The Hall–Kier alpha value is -1.52. The Kier molecular flexibility index (Phi) is 1.55. The summed E-state index contributed by atoms with van der Waals surface area (Å²) in [6.45, 7) is 0. The first-order valence-corrected chi connectivity index (χ1v) is 3.49. The normalized spacial score (nSPS) is 12.2. The number of alkyl halides is 3. The van der Waals surface area contributed by atoms with Gasteiger partial charge in [0.15, 0.2) is 0 Å². The van der Waals surface area contributed by atoms with Crippen LogP contribution in [0.5, 0.6) is 0 Å². The number of halogens is 3. The van der Waals surface area contributed by atoms with Crippen molar-refractivity contribution in [2.75, 3.05) is 0 Å². The topological polar surface area (TPSA) is 26.0 Å². The van der Waals surface area contributed by atoms with Crippen molar-refractivity contribution in [3.63, 3.8) is 0 Å². The van der Waals surface area contributed by atoms with E-state index in [1.54, 1.807) is 0 Å². The van der Waals surface area contributed by atoms with E-state index in [0.29, 0.717) is 5.39 Å². The lowest BCUT2D eigenvalue weighted by Crippen LogP contribution is -2.03. The lowest BCUT2D eigenvalue weighted by Gasteiger charge is -2.04. The van der Waals surface area contributed by atoms with Gasteiger partial charge in [-0.25, -0.2) is 0 Å². The molecule has 1 aromatic heterocycles. The first-order chi connectivity index (χ1) is 6.07. The van der Waals surface area contributed by atoms with E-state index in [-0.39, 0.29) is 5.52 Å². The highest BCUT2D eigenvalue weighted by molar-refractivity contribution is 5.77. The Morgan fingerprint density at radius 1 is 1.23 bits per heavy atom. The zero-order valence-corrected chi connectivity index (χ0v) is 6.30. The van der Waals surface area contributed by atoms with E-state index >= 15 is 0 Å². The van der Waals surface area contributed by atoms with Gasteiger partial charge >= 0.3 is 6.18 Å². The third kappa shape index (κ3) is 1.37. The molecule has 0 fully saturated rings. The summed E-state index contributed by atoms with van der Waals surface area (Å²) in [4.78, 5) is 0. The van der Waals surface area contributed by atoms with Crippen LogP contribution in [0.3, 0.4) is 0 Å². The zero-order valence-electron chi connectivity index (χ0n) is 6.30. The number of nitrogens with zero attached hydrogens (tertiary/aromatic N) is 1. The van der Waals surface area contributed by atoms with Gasteiger partial charge in [-0.15, -0.1) is 0 Å². The van der Waals surface area contributed by atoms with Crippen molar-refractivity contribution in [1.29, 1.82) is 0 Å². The number of fused-ring (bicyclic) bond motifs is 1. The average Bonchev–Trinajstić information content (AvgIpc) is 2.47. The van der Waals surface area contributed by atoms with Gasteiger partial charge in [0.05, 0.1) is 5.56 Å². The van der Waals surface area contributed by atoms with Crippen molar-refractivity contribution in [2.45, 2.75) is 6.18 Å². The van der Waals surface area contributed by atoms with E-state index in [9.17, 15) is 13.2 Å². The molecule has 0 spiro atoms. The maximum absolute atomic E-state index is 12.2. The van der Waals surface area contributed by atoms with Crippen LogP contribution < -0.4 is 0 Å². The molecule has 2 nitrogen and oxygen atoms in total. The summed E-state index contributed by atoms with van der Waals surface area (Å²) < 4.78 is 41.0. The van der Waals surface area contributed by atoms with Crippen molar-refractivity contribution in [2.24, 2.45) is 0 Å². The summed E-state index contributed by atoms with van der Waals surface area (Å²) in [7, 11) is 0. The van der Waals surface area contributed by atoms with Gasteiger partial charge in [0, 0.05) is 5.39 Å². The fourth-order valence-electron chi connectivity index (χ4n) is 1.04. The van der Waals surface area contributed by atoms with Crippen molar-refractivity contribution in [3.05, 3.63) is 30.0 Å². The maximum Gasteiger partial charge on any atom is 0.416 e. The van der Waals surface area contributed by atoms with Crippen LogP contribution in [0.25, 0.3) is 10.9 Å². The van der Waals surface area contributed by atoms with E-state index in [0.717, 1.165) is 12.1 Å². The monoisotopic (exact) mass is 187 g/mol. The Balaban J connectivity index is 2.61. The molecule has 13 heavy (non-hydrogen) atoms. The summed E-state index contributed by atoms with van der Waals surface area (Å²) >= 11 is 0. The first-order valence-electron chi connectivity index (χ1n) is 3.49. The van der Waals surface area contributed by atoms with Crippen LogP contribution in [0.4, 0.5) is 13.2 Å². The summed E-state index contributed by atoms with van der Waals surface area (Å²) in [5, 5.41) is 3.98. The van der Waals surface area contributed by atoms with Crippen molar-refractivity contribution in [1.82, 2.24) is 5.16 Å². The minimum Gasteiger partial charge on any atom is -0.364 e.